The average Bonchev–Trinajstić information content (AvgIpc) is 3.56. The molecule has 0 spiro atoms. The summed E-state index contributed by atoms with van der Waals surface area (Å²) in [5, 5.41) is 7.86. The third-order valence-corrected chi connectivity index (χ3v) is 5.96. The number of carbonyl (C=O) groups excluding carboxylic acids is 1. The third kappa shape index (κ3) is 5.31. The maximum atomic E-state index is 14.7. The fraction of sp³-hybridized carbons (Fsp3) is 0.138. The molecule has 9 heteroatoms. The van der Waals surface area contributed by atoms with Gasteiger partial charge in [0, 0.05) is 41.2 Å². The first-order valence-corrected chi connectivity index (χ1v) is 12.0. The van der Waals surface area contributed by atoms with Crippen LogP contribution in [0, 0.1) is 18.6 Å². The highest BCUT2D eigenvalue weighted by Crippen LogP contribution is 2.35. The molecule has 0 atom stereocenters. The van der Waals surface area contributed by atoms with Crippen molar-refractivity contribution >= 4 is 22.9 Å². The molecule has 0 aliphatic carbocycles. The van der Waals surface area contributed by atoms with E-state index in [9.17, 15) is 13.6 Å². The van der Waals surface area contributed by atoms with Crippen LogP contribution in [0.5, 0.6) is 11.5 Å². The summed E-state index contributed by atoms with van der Waals surface area (Å²) < 4.78 is 40.2. The number of benzene rings is 3. The number of rotatable bonds is 8. The van der Waals surface area contributed by atoms with Gasteiger partial charge in [0.1, 0.15) is 17.4 Å². The SMILES string of the molecule is CCOC(=O)/C=C/c1cccc(Cc2nc(-c3cc(Oc4c(F)cc5[nH]ccc5c4C)ccc3F)n[nH]2)c1. The van der Waals surface area contributed by atoms with Crippen molar-refractivity contribution in [2.24, 2.45) is 0 Å². The molecule has 38 heavy (non-hydrogen) atoms. The van der Waals surface area contributed by atoms with Gasteiger partial charge >= 0.3 is 5.97 Å². The van der Waals surface area contributed by atoms with E-state index < -0.39 is 17.6 Å². The van der Waals surface area contributed by atoms with E-state index >= 15 is 0 Å². The maximum Gasteiger partial charge on any atom is 0.330 e. The zero-order valence-corrected chi connectivity index (χ0v) is 20.7. The fourth-order valence-electron chi connectivity index (χ4n) is 4.15. The Hall–Kier alpha value is -4.79. The lowest BCUT2D eigenvalue weighted by molar-refractivity contribution is -0.137. The van der Waals surface area contributed by atoms with E-state index in [4.69, 9.17) is 9.47 Å². The Morgan fingerprint density at radius 3 is 2.79 bits per heavy atom. The quantitative estimate of drug-likeness (QED) is 0.182. The van der Waals surface area contributed by atoms with E-state index in [0.29, 0.717) is 29.9 Å². The number of ether oxygens (including phenoxy) is 2. The first-order chi connectivity index (χ1) is 18.4. The van der Waals surface area contributed by atoms with Crippen LogP contribution in [0.2, 0.25) is 0 Å². The Balaban J connectivity index is 1.35. The van der Waals surface area contributed by atoms with E-state index in [1.165, 1.54) is 30.3 Å². The highest BCUT2D eigenvalue weighted by Gasteiger charge is 2.17. The highest BCUT2D eigenvalue weighted by molar-refractivity contribution is 5.87. The molecule has 5 aromatic rings. The number of halogens is 2. The van der Waals surface area contributed by atoms with Crippen molar-refractivity contribution in [2.75, 3.05) is 6.61 Å². The lowest BCUT2D eigenvalue weighted by atomic mass is 10.1. The molecule has 0 unspecified atom stereocenters. The summed E-state index contributed by atoms with van der Waals surface area (Å²) in [7, 11) is 0. The molecule has 0 saturated carbocycles. The molecular weight excluding hydrogens is 490 g/mol. The molecule has 0 aliphatic heterocycles. The minimum Gasteiger partial charge on any atom is -0.463 e. The summed E-state index contributed by atoms with van der Waals surface area (Å²) >= 11 is 0. The molecule has 2 N–H and O–H groups in total. The lowest BCUT2D eigenvalue weighted by Crippen LogP contribution is -1.98. The van der Waals surface area contributed by atoms with Crippen LogP contribution < -0.4 is 4.74 Å². The van der Waals surface area contributed by atoms with Gasteiger partial charge in [0.05, 0.1) is 12.2 Å². The van der Waals surface area contributed by atoms with E-state index in [1.54, 1.807) is 26.1 Å². The zero-order valence-electron chi connectivity index (χ0n) is 20.7. The number of esters is 1. The van der Waals surface area contributed by atoms with Gasteiger partial charge in [0.25, 0.3) is 0 Å². The van der Waals surface area contributed by atoms with Crippen LogP contribution in [-0.4, -0.2) is 32.7 Å². The van der Waals surface area contributed by atoms with Crippen LogP contribution in [0.3, 0.4) is 0 Å². The highest BCUT2D eigenvalue weighted by atomic mass is 19.1. The number of H-pyrrole nitrogens is 2. The van der Waals surface area contributed by atoms with Crippen molar-refractivity contribution in [2.45, 2.75) is 20.3 Å². The molecule has 0 saturated heterocycles. The molecule has 0 amide bonds. The van der Waals surface area contributed by atoms with Crippen molar-refractivity contribution in [3.63, 3.8) is 0 Å². The second-order valence-corrected chi connectivity index (χ2v) is 8.61. The van der Waals surface area contributed by atoms with Crippen LogP contribution in [0.25, 0.3) is 28.4 Å². The van der Waals surface area contributed by atoms with Gasteiger partial charge in [-0.2, -0.15) is 5.10 Å². The van der Waals surface area contributed by atoms with E-state index in [-0.39, 0.29) is 22.9 Å². The minimum absolute atomic E-state index is 0.0715. The first kappa shape index (κ1) is 24.9. The largest absolute Gasteiger partial charge is 0.463 e. The van der Waals surface area contributed by atoms with Gasteiger partial charge in [-0.25, -0.2) is 18.6 Å². The number of aryl methyl sites for hydroxylation is 1. The zero-order chi connectivity index (χ0) is 26.6. The lowest BCUT2D eigenvalue weighted by Gasteiger charge is -2.12. The van der Waals surface area contributed by atoms with Gasteiger partial charge < -0.3 is 14.5 Å². The Morgan fingerprint density at radius 2 is 1.95 bits per heavy atom. The van der Waals surface area contributed by atoms with Crippen molar-refractivity contribution in [3.05, 3.63) is 101 Å². The Kier molecular flexibility index (Phi) is 6.99. The summed E-state index contributed by atoms with van der Waals surface area (Å²) in [5.41, 5.74) is 3.17. The minimum atomic E-state index is -0.535. The van der Waals surface area contributed by atoms with E-state index in [1.807, 2.05) is 30.3 Å². The molecule has 7 nitrogen and oxygen atoms in total. The monoisotopic (exact) mass is 514 g/mol. The van der Waals surface area contributed by atoms with Crippen molar-refractivity contribution < 1.29 is 23.0 Å². The molecular formula is C29H24F2N4O3. The number of carbonyl (C=O) groups is 1. The number of aromatic amines is 2. The molecule has 192 valence electrons. The van der Waals surface area contributed by atoms with Gasteiger partial charge in [-0.05, 0) is 55.3 Å². The third-order valence-electron chi connectivity index (χ3n) is 5.96. The summed E-state index contributed by atoms with van der Waals surface area (Å²) in [6.07, 6.45) is 5.18. The normalized spacial score (nSPS) is 11.4. The van der Waals surface area contributed by atoms with Crippen LogP contribution in [-0.2, 0) is 16.0 Å². The van der Waals surface area contributed by atoms with Crippen LogP contribution in [0.1, 0.15) is 29.4 Å². The standard InChI is InChI=1S/C29H24F2N4O3/c1-3-37-27(36)10-7-18-5-4-6-19(13-18)14-26-33-29(35-34-26)22-15-20(8-9-23(22)30)38-28-17(2)21-11-12-32-25(21)16-24(28)31/h4-13,15-16,32H,3,14H2,1-2H3,(H,33,34,35)/b10-7+. The van der Waals surface area contributed by atoms with Crippen molar-refractivity contribution in [1.29, 1.82) is 0 Å². The van der Waals surface area contributed by atoms with Gasteiger partial charge in [-0.1, -0.05) is 24.3 Å². The predicted molar refractivity (Wildman–Crippen MR) is 140 cm³/mol. The van der Waals surface area contributed by atoms with E-state index in [2.05, 4.69) is 20.2 Å². The van der Waals surface area contributed by atoms with Crippen molar-refractivity contribution in [1.82, 2.24) is 20.2 Å². The molecule has 3 aromatic carbocycles. The molecule has 0 fully saturated rings. The number of hydrogen-bond donors (Lipinski definition) is 2. The van der Waals surface area contributed by atoms with Gasteiger partial charge in [-0.3, -0.25) is 5.10 Å². The Morgan fingerprint density at radius 1 is 1.08 bits per heavy atom. The topological polar surface area (TPSA) is 92.9 Å². The molecule has 5 rings (SSSR count). The molecule has 2 aromatic heterocycles. The second-order valence-electron chi connectivity index (χ2n) is 8.61. The summed E-state index contributed by atoms with van der Waals surface area (Å²) in [6, 6.07) is 14.9. The number of hydrogen-bond acceptors (Lipinski definition) is 5. The van der Waals surface area contributed by atoms with Crippen LogP contribution in [0.4, 0.5) is 8.78 Å². The number of nitrogens with one attached hydrogen (secondary N) is 2. The first-order valence-electron chi connectivity index (χ1n) is 12.0. The number of aromatic nitrogens is 4. The van der Waals surface area contributed by atoms with E-state index in [0.717, 1.165) is 16.5 Å². The summed E-state index contributed by atoms with van der Waals surface area (Å²) in [6.45, 7) is 3.83. The smallest absolute Gasteiger partial charge is 0.330 e. The van der Waals surface area contributed by atoms with Crippen LogP contribution >= 0.6 is 0 Å². The Labute approximate surface area is 217 Å². The molecule has 0 aliphatic rings. The second kappa shape index (κ2) is 10.7. The predicted octanol–water partition coefficient (Wildman–Crippen LogP) is 6.50. The molecule has 0 radical (unpaired) electrons. The van der Waals surface area contributed by atoms with Crippen LogP contribution in [0.15, 0.2) is 66.9 Å². The fourth-order valence-corrected chi connectivity index (χ4v) is 4.15. The van der Waals surface area contributed by atoms with Gasteiger partial charge in [0.15, 0.2) is 17.4 Å². The number of fused-ring (bicyclic) bond motifs is 1. The maximum absolute atomic E-state index is 14.7. The molecule has 0 bridgehead atoms. The van der Waals surface area contributed by atoms with Crippen molar-refractivity contribution in [3.8, 4) is 22.9 Å². The molecule has 2 heterocycles. The van der Waals surface area contributed by atoms with Gasteiger partial charge in [-0.15, -0.1) is 0 Å². The number of nitrogens with zero attached hydrogens (tertiary/aromatic N) is 2. The summed E-state index contributed by atoms with van der Waals surface area (Å²) in [4.78, 5) is 19.0. The Bertz CT molecular complexity index is 1660. The summed E-state index contributed by atoms with van der Waals surface area (Å²) in [5.74, 6) is -0.464. The average molecular weight is 515 g/mol. The van der Waals surface area contributed by atoms with Gasteiger partial charge in [0.2, 0.25) is 0 Å².